The third kappa shape index (κ3) is 4.37. The minimum Gasteiger partial charge on any atom is -0.496 e. The Kier molecular flexibility index (Phi) is 5.94. The maximum atomic E-state index is 13.4. The molecule has 2 aromatic heterocycles. The number of aryl methyl sites for hydroxylation is 2. The molecule has 0 spiro atoms. The molecule has 27 heavy (non-hydrogen) atoms. The van der Waals surface area contributed by atoms with Crippen LogP contribution in [0, 0.1) is 13.8 Å². The highest BCUT2D eigenvalue weighted by Gasteiger charge is 2.27. The maximum absolute atomic E-state index is 13.4. The van der Waals surface area contributed by atoms with Gasteiger partial charge in [0.05, 0.1) is 24.2 Å². The molecule has 2 heterocycles. The first-order chi connectivity index (χ1) is 12.9. The summed E-state index contributed by atoms with van der Waals surface area (Å²) in [4.78, 5) is 4.56. The van der Waals surface area contributed by atoms with E-state index in [0.29, 0.717) is 18.0 Å². The summed E-state index contributed by atoms with van der Waals surface area (Å²) in [7, 11) is -2.11. The Labute approximate surface area is 164 Å². The third-order valence-corrected chi connectivity index (χ3v) is 6.78. The van der Waals surface area contributed by atoms with E-state index in [1.165, 1.54) is 4.31 Å². The second-order valence-corrected chi connectivity index (χ2v) is 9.03. The number of methoxy groups -OCH3 is 1. The van der Waals surface area contributed by atoms with Crippen molar-refractivity contribution in [2.75, 3.05) is 7.11 Å². The highest BCUT2D eigenvalue weighted by molar-refractivity contribution is 7.89. The van der Waals surface area contributed by atoms with Crippen LogP contribution in [0.1, 0.15) is 22.4 Å². The van der Waals surface area contributed by atoms with Gasteiger partial charge in [-0.05, 0) is 71.6 Å². The van der Waals surface area contributed by atoms with Gasteiger partial charge in [-0.25, -0.2) is 8.42 Å². The summed E-state index contributed by atoms with van der Waals surface area (Å²) in [6.07, 6.45) is 1.67. The lowest BCUT2D eigenvalue weighted by Crippen LogP contribution is -2.30. The molecule has 0 radical (unpaired) electrons. The zero-order chi connectivity index (χ0) is 19.4. The predicted octanol–water partition coefficient (Wildman–Crippen LogP) is 4.16. The number of aromatic nitrogens is 1. The molecule has 0 saturated carbocycles. The van der Waals surface area contributed by atoms with E-state index in [4.69, 9.17) is 4.74 Å². The van der Waals surface area contributed by atoms with E-state index in [-0.39, 0.29) is 11.4 Å². The monoisotopic (exact) mass is 402 g/mol. The largest absolute Gasteiger partial charge is 0.496 e. The maximum Gasteiger partial charge on any atom is 0.243 e. The minimum absolute atomic E-state index is 0.211. The molecule has 7 heteroatoms. The molecule has 0 amide bonds. The Bertz CT molecular complexity index is 978. The van der Waals surface area contributed by atoms with Gasteiger partial charge in [0.2, 0.25) is 10.0 Å². The molecule has 0 unspecified atom stereocenters. The van der Waals surface area contributed by atoms with Crippen LogP contribution in [-0.4, -0.2) is 24.8 Å². The second-order valence-electron chi connectivity index (χ2n) is 6.32. The summed E-state index contributed by atoms with van der Waals surface area (Å²) in [5.41, 5.74) is 3.26. The van der Waals surface area contributed by atoms with E-state index in [0.717, 1.165) is 16.7 Å². The number of thiophene rings is 1. The lowest BCUT2D eigenvalue weighted by atomic mass is 10.1. The van der Waals surface area contributed by atoms with E-state index in [1.807, 2.05) is 48.9 Å². The number of rotatable bonds is 7. The zero-order valence-corrected chi connectivity index (χ0v) is 17.2. The highest BCUT2D eigenvalue weighted by atomic mass is 32.2. The van der Waals surface area contributed by atoms with Crippen molar-refractivity contribution in [2.24, 2.45) is 0 Å². The fraction of sp³-hybridized carbons (Fsp3) is 0.250. The Balaban J connectivity index is 2.01. The summed E-state index contributed by atoms with van der Waals surface area (Å²) < 4.78 is 33.7. The Morgan fingerprint density at radius 2 is 1.85 bits per heavy atom. The SMILES string of the molecule is COc1c(C)cc(S(=O)(=O)N(Cc2ccsc2)Cc2ccccn2)cc1C. The molecule has 0 aliphatic heterocycles. The molecular formula is C20H22N2O3S2. The number of pyridine rings is 1. The topological polar surface area (TPSA) is 59.5 Å². The van der Waals surface area contributed by atoms with Crippen LogP contribution < -0.4 is 4.74 Å². The van der Waals surface area contributed by atoms with Gasteiger partial charge in [0, 0.05) is 12.7 Å². The second kappa shape index (κ2) is 8.21. The van der Waals surface area contributed by atoms with Crippen LogP contribution in [0.2, 0.25) is 0 Å². The van der Waals surface area contributed by atoms with Gasteiger partial charge in [0.25, 0.3) is 0 Å². The first-order valence-corrected chi connectivity index (χ1v) is 10.9. The van der Waals surface area contributed by atoms with Crippen LogP contribution in [0.5, 0.6) is 5.75 Å². The number of benzene rings is 1. The lowest BCUT2D eigenvalue weighted by Gasteiger charge is -2.22. The summed E-state index contributed by atoms with van der Waals surface area (Å²) >= 11 is 1.55. The fourth-order valence-electron chi connectivity index (χ4n) is 3.01. The third-order valence-electron chi connectivity index (χ3n) is 4.28. The molecule has 3 rings (SSSR count). The van der Waals surface area contributed by atoms with Gasteiger partial charge < -0.3 is 4.74 Å². The Morgan fingerprint density at radius 3 is 2.41 bits per heavy atom. The predicted molar refractivity (Wildman–Crippen MR) is 107 cm³/mol. The van der Waals surface area contributed by atoms with E-state index in [2.05, 4.69) is 4.98 Å². The quantitative estimate of drug-likeness (QED) is 0.595. The molecule has 0 aliphatic carbocycles. The highest BCUT2D eigenvalue weighted by Crippen LogP contribution is 2.29. The van der Waals surface area contributed by atoms with Crippen molar-refractivity contribution in [1.82, 2.24) is 9.29 Å². The molecule has 0 saturated heterocycles. The van der Waals surface area contributed by atoms with Crippen molar-refractivity contribution in [3.05, 3.63) is 75.7 Å². The lowest BCUT2D eigenvalue weighted by molar-refractivity contribution is 0.396. The molecule has 1 aromatic carbocycles. The molecule has 0 aliphatic rings. The molecule has 5 nitrogen and oxygen atoms in total. The van der Waals surface area contributed by atoms with Gasteiger partial charge in [-0.3, -0.25) is 4.98 Å². The van der Waals surface area contributed by atoms with Crippen LogP contribution in [0.4, 0.5) is 0 Å². The number of hydrogen-bond donors (Lipinski definition) is 0. The first kappa shape index (κ1) is 19.5. The first-order valence-electron chi connectivity index (χ1n) is 8.48. The molecule has 142 valence electrons. The van der Waals surface area contributed by atoms with Crippen LogP contribution in [0.3, 0.4) is 0 Å². The van der Waals surface area contributed by atoms with E-state index in [1.54, 1.807) is 36.8 Å². The van der Waals surface area contributed by atoms with Gasteiger partial charge in [-0.15, -0.1) is 0 Å². The van der Waals surface area contributed by atoms with Gasteiger partial charge in [-0.1, -0.05) is 6.07 Å². The Morgan fingerprint density at radius 1 is 1.11 bits per heavy atom. The van der Waals surface area contributed by atoms with Crippen LogP contribution in [-0.2, 0) is 23.1 Å². The van der Waals surface area contributed by atoms with Crippen molar-refractivity contribution >= 4 is 21.4 Å². The van der Waals surface area contributed by atoms with Gasteiger partial charge in [0.15, 0.2) is 0 Å². The van der Waals surface area contributed by atoms with Crippen LogP contribution >= 0.6 is 11.3 Å². The van der Waals surface area contributed by atoms with Crippen LogP contribution in [0.25, 0.3) is 0 Å². The molecular weight excluding hydrogens is 380 g/mol. The van der Waals surface area contributed by atoms with Gasteiger partial charge in [-0.2, -0.15) is 15.6 Å². The van der Waals surface area contributed by atoms with Crippen molar-refractivity contribution in [1.29, 1.82) is 0 Å². The van der Waals surface area contributed by atoms with E-state index >= 15 is 0 Å². The number of ether oxygens (including phenoxy) is 1. The molecule has 0 atom stereocenters. The number of nitrogens with zero attached hydrogens (tertiary/aromatic N) is 2. The summed E-state index contributed by atoms with van der Waals surface area (Å²) in [6, 6.07) is 10.8. The fourth-order valence-corrected chi connectivity index (χ4v) is 5.25. The normalized spacial score (nSPS) is 11.7. The van der Waals surface area contributed by atoms with Gasteiger partial charge in [0.1, 0.15) is 5.75 Å². The van der Waals surface area contributed by atoms with Crippen LogP contribution in [0.15, 0.2) is 58.3 Å². The zero-order valence-electron chi connectivity index (χ0n) is 15.5. The Hall–Kier alpha value is -2.22. The average Bonchev–Trinajstić information content (AvgIpc) is 3.15. The standard InChI is InChI=1S/C20H22N2O3S2/c1-15-10-19(11-16(2)20(15)25-3)27(23,24)22(12-17-7-9-26-14-17)13-18-6-4-5-8-21-18/h4-11,14H,12-13H2,1-3H3. The molecule has 0 bridgehead atoms. The molecule has 0 fully saturated rings. The summed E-state index contributed by atoms with van der Waals surface area (Å²) in [5, 5.41) is 3.91. The van der Waals surface area contributed by atoms with E-state index < -0.39 is 10.0 Å². The van der Waals surface area contributed by atoms with Crippen molar-refractivity contribution < 1.29 is 13.2 Å². The van der Waals surface area contributed by atoms with Crippen molar-refractivity contribution in [2.45, 2.75) is 31.8 Å². The molecule has 3 aromatic rings. The summed E-state index contributed by atoms with van der Waals surface area (Å²) in [5.74, 6) is 0.711. The number of hydrogen-bond acceptors (Lipinski definition) is 5. The van der Waals surface area contributed by atoms with Crippen molar-refractivity contribution in [3.63, 3.8) is 0 Å². The van der Waals surface area contributed by atoms with E-state index in [9.17, 15) is 8.42 Å². The summed E-state index contributed by atoms with van der Waals surface area (Å²) in [6.45, 7) is 4.22. The van der Waals surface area contributed by atoms with Crippen molar-refractivity contribution in [3.8, 4) is 5.75 Å². The average molecular weight is 403 g/mol. The molecule has 0 N–H and O–H groups in total. The number of sulfonamides is 1. The smallest absolute Gasteiger partial charge is 0.243 e. The minimum atomic E-state index is -3.70. The van der Waals surface area contributed by atoms with Gasteiger partial charge >= 0.3 is 0 Å².